The minimum absolute atomic E-state index is 0.768. The molecule has 1 aromatic heterocycles. The van der Waals surface area contributed by atoms with E-state index < -0.39 is 0 Å². The second kappa shape index (κ2) is 6.67. The van der Waals surface area contributed by atoms with Crippen LogP contribution in [0.15, 0.2) is 54.7 Å². The monoisotopic (exact) mass is 312 g/mol. The number of halogens is 1. The van der Waals surface area contributed by atoms with Crippen molar-refractivity contribution in [3.8, 4) is 5.75 Å². The molecule has 0 aliphatic rings. The van der Waals surface area contributed by atoms with E-state index in [0.29, 0.717) is 0 Å². The SMILES string of the molecule is COc1ccc2nccc(NCCc3ccc(Cl)cc3)c2c1. The molecule has 1 heterocycles. The standard InChI is InChI=1S/C18H17ClN2O/c1-22-15-6-7-17-16(12-15)18(9-11-21-17)20-10-8-13-2-4-14(19)5-3-13/h2-7,9,11-12H,8,10H2,1H3,(H,20,21). The van der Waals surface area contributed by atoms with Crippen molar-refractivity contribution in [3.05, 3.63) is 65.3 Å². The van der Waals surface area contributed by atoms with Gasteiger partial charge < -0.3 is 10.1 Å². The van der Waals surface area contributed by atoms with Crippen molar-refractivity contribution in [3.63, 3.8) is 0 Å². The number of aromatic nitrogens is 1. The lowest BCUT2D eigenvalue weighted by Gasteiger charge is -2.10. The van der Waals surface area contributed by atoms with Gasteiger partial charge in [-0.2, -0.15) is 0 Å². The Kier molecular flexibility index (Phi) is 4.45. The minimum atomic E-state index is 0.768. The lowest BCUT2D eigenvalue weighted by molar-refractivity contribution is 0.415. The van der Waals surface area contributed by atoms with Gasteiger partial charge in [0.05, 0.1) is 12.6 Å². The molecule has 3 rings (SSSR count). The van der Waals surface area contributed by atoms with E-state index >= 15 is 0 Å². The lowest BCUT2D eigenvalue weighted by atomic mass is 10.1. The first kappa shape index (κ1) is 14.7. The second-order valence-corrected chi connectivity index (χ2v) is 5.48. The van der Waals surface area contributed by atoms with Crippen molar-refractivity contribution < 1.29 is 4.74 Å². The largest absolute Gasteiger partial charge is 0.497 e. The third kappa shape index (κ3) is 3.31. The molecule has 0 aliphatic heterocycles. The Morgan fingerprint density at radius 3 is 2.68 bits per heavy atom. The number of hydrogen-bond donors (Lipinski definition) is 1. The molecule has 0 amide bonds. The number of fused-ring (bicyclic) bond motifs is 1. The van der Waals surface area contributed by atoms with Gasteiger partial charge in [-0.3, -0.25) is 4.98 Å². The molecular formula is C18H17ClN2O. The number of pyridine rings is 1. The second-order valence-electron chi connectivity index (χ2n) is 5.04. The number of rotatable bonds is 5. The van der Waals surface area contributed by atoms with Gasteiger partial charge in [-0.25, -0.2) is 0 Å². The van der Waals surface area contributed by atoms with Crippen LogP contribution in [0.5, 0.6) is 5.75 Å². The molecule has 22 heavy (non-hydrogen) atoms. The Labute approximate surface area is 134 Å². The average molecular weight is 313 g/mol. The molecule has 0 saturated heterocycles. The Morgan fingerprint density at radius 2 is 1.91 bits per heavy atom. The first-order valence-corrected chi connectivity index (χ1v) is 7.55. The van der Waals surface area contributed by atoms with Crippen LogP contribution in [-0.4, -0.2) is 18.6 Å². The highest BCUT2D eigenvalue weighted by Gasteiger charge is 2.03. The molecule has 112 valence electrons. The summed E-state index contributed by atoms with van der Waals surface area (Å²) < 4.78 is 5.29. The number of hydrogen-bond acceptors (Lipinski definition) is 3. The molecule has 3 aromatic rings. The summed E-state index contributed by atoms with van der Waals surface area (Å²) in [5.41, 5.74) is 3.28. The van der Waals surface area contributed by atoms with Crippen LogP contribution in [0.1, 0.15) is 5.56 Å². The molecule has 0 unspecified atom stereocenters. The van der Waals surface area contributed by atoms with Crippen molar-refractivity contribution in [1.82, 2.24) is 4.98 Å². The maximum atomic E-state index is 5.90. The number of methoxy groups -OCH3 is 1. The summed E-state index contributed by atoms with van der Waals surface area (Å²) >= 11 is 5.90. The van der Waals surface area contributed by atoms with Gasteiger partial charge in [0.2, 0.25) is 0 Å². The predicted molar refractivity (Wildman–Crippen MR) is 91.9 cm³/mol. The van der Waals surface area contributed by atoms with Gasteiger partial charge in [0, 0.05) is 28.8 Å². The van der Waals surface area contributed by atoms with Crippen LogP contribution >= 0.6 is 11.6 Å². The van der Waals surface area contributed by atoms with E-state index in [9.17, 15) is 0 Å². The van der Waals surface area contributed by atoms with Crippen molar-refractivity contribution in [2.75, 3.05) is 19.0 Å². The normalized spacial score (nSPS) is 10.6. The van der Waals surface area contributed by atoms with Crippen LogP contribution in [0, 0.1) is 0 Å². The quantitative estimate of drug-likeness (QED) is 0.750. The first-order valence-electron chi connectivity index (χ1n) is 7.17. The third-order valence-corrected chi connectivity index (χ3v) is 3.84. The van der Waals surface area contributed by atoms with E-state index in [-0.39, 0.29) is 0 Å². The molecule has 2 aromatic carbocycles. The summed E-state index contributed by atoms with van der Waals surface area (Å²) in [7, 11) is 1.67. The Morgan fingerprint density at radius 1 is 1.09 bits per heavy atom. The fraction of sp³-hybridized carbons (Fsp3) is 0.167. The molecular weight excluding hydrogens is 296 g/mol. The van der Waals surface area contributed by atoms with Gasteiger partial charge in [0.1, 0.15) is 5.75 Å². The maximum absolute atomic E-state index is 5.90. The molecule has 0 atom stereocenters. The zero-order valence-corrected chi connectivity index (χ0v) is 13.1. The van der Waals surface area contributed by atoms with Crippen molar-refractivity contribution in [2.24, 2.45) is 0 Å². The van der Waals surface area contributed by atoms with Gasteiger partial charge in [-0.1, -0.05) is 23.7 Å². The van der Waals surface area contributed by atoms with Crippen molar-refractivity contribution in [2.45, 2.75) is 6.42 Å². The van der Waals surface area contributed by atoms with E-state index in [1.54, 1.807) is 7.11 Å². The van der Waals surface area contributed by atoms with E-state index in [2.05, 4.69) is 22.4 Å². The number of ether oxygens (including phenoxy) is 1. The average Bonchev–Trinajstić information content (AvgIpc) is 2.56. The Bertz CT molecular complexity index is 772. The van der Waals surface area contributed by atoms with Gasteiger partial charge >= 0.3 is 0 Å². The molecule has 0 aliphatic carbocycles. The highest BCUT2D eigenvalue weighted by Crippen LogP contribution is 2.25. The van der Waals surface area contributed by atoms with Crippen molar-refractivity contribution in [1.29, 1.82) is 0 Å². The first-order chi connectivity index (χ1) is 10.8. The van der Waals surface area contributed by atoms with Crippen LogP contribution in [-0.2, 0) is 6.42 Å². The van der Waals surface area contributed by atoms with Crippen LogP contribution < -0.4 is 10.1 Å². The van der Waals surface area contributed by atoms with E-state index in [1.807, 2.05) is 42.6 Å². The van der Waals surface area contributed by atoms with E-state index in [4.69, 9.17) is 16.3 Å². The number of benzene rings is 2. The van der Waals surface area contributed by atoms with E-state index in [1.165, 1.54) is 5.56 Å². The topological polar surface area (TPSA) is 34.1 Å². The summed E-state index contributed by atoms with van der Waals surface area (Å²) in [5.74, 6) is 0.834. The van der Waals surface area contributed by atoms with Gasteiger partial charge in [-0.15, -0.1) is 0 Å². The highest BCUT2D eigenvalue weighted by molar-refractivity contribution is 6.30. The summed E-state index contributed by atoms with van der Waals surface area (Å²) in [6.07, 6.45) is 2.75. The molecule has 1 N–H and O–H groups in total. The van der Waals surface area contributed by atoms with Crippen LogP contribution in [0.25, 0.3) is 10.9 Å². The van der Waals surface area contributed by atoms with Gasteiger partial charge in [-0.05, 0) is 48.4 Å². The fourth-order valence-corrected chi connectivity index (χ4v) is 2.53. The molecule has 3 nitrogen and oxygen atoms in total. The lowest BCUT2D eigenvalue weighted by Crippen LogP contribution is -2.05. The van der Waals surface area contributed by atoms with E-state index in [0.717, 1.165) is 40.3 Å². The summed E-state index contributed by atoms with van der Waals surface area (Å²) in [6, 6.07) is 15.8. The molecule has 0 fully saturated rings. The Balaban J connectivity index is 1.74. The summed E-state index contributed by atoms with van der Waals surface area (Å²) in [5, 5.41) is 5.31. The van der Waals surface area contributed by atoms with Crippen LogP contribution in [0.4, 0.5) is 5.69 Å². The number of nitrogens with one attached hydrogen (secondary N) is 1. The molecule has 0 spiro atoms. The third-order valence-electron chi connectivity index (χ3n) is 3.59. The van der Waals surface area contributed by atoms with Gasteiger partial charge in [0.25, 0.3) is 0 Å². The number of nitrogens with zero attached hydrogens (tertiary/aromatic N) is 1. The van der Waals surface area contributed by atoms with Gasteiger partial charge in [0.15, 0.2) is 0 Å². The highest BCUT2D eigenvalue weighted by atomic mass is 35.5. The molecule has 4 heteroatoms. The fourth-order valence-electron chi connectivity index (χ4n) is 2.40. The summed E-state index contributed by atoms with van der Waals surface area (Å²) in [4.78, 5) is 4.38. The molecule has 0 saturated carbocycles. The number of anilines is 1. The Hall–Kier alpha value is -2.26. The molecule has 0 radical (unpaired) electrons. The smallest absolute Gasteiger partial charge is 0.119 e. The zero-order valence-electron chi connectivity index (χ0n) is 12.3. The summed E-state index contributed by atoms with van der Waals surface area (Å²) in [6.45, 7) is 0.845. The maximum Gasteiger partial charge on any atom is 0.119 e. The van der Waals surface area contributed by atoms with Crippen LogP contribution in [0.3, 0.4) is 0 Å². The zero-order chi connectivity index (χ0) is 15.4. The van der Waals surface area contributed by atoms with Crippen LogP contribution in [0.2, 0.25) is 5.02 Å². The minimum Gasteiger partial charge on any atom is -0.497 e. The van der Waals surface area contributed by atoms with Crippen molar-refractivity contribution >= 4 is 28.2 Å². The molecule has 0 bridgehead atoms. The predicted octanol–water partition coefficient (Wildman–Crippen LogP) is 4.55.